The average molecular weight is 942 g/mol. The van der Waals surface area contributed by atoms with E-state index in [1.54, 1.807) is 9.47 Å². The Balaban J connectivity index is 8.54. The molecule has 0 saturated heterocycles. The first kappa shape index (κ1) is 54.2. The molecule has 0 aliphatic carbocycles. The second-order valence-electron chi connectivity index (χ2n) is 10.3. The van der Waals surface area contributed by atoms with E-state index in [1.165, 1.54) is 0 Å². The number of carbonyl (C=O) groups is 2. The van der Waals surface area contributed by atoms with Gasteiger partial charge in [-0.2, -0.15) is 132 Å². The van der Waals surface area contributed by atoms with Crippen LogP contribution in [-0.4, -0.2) is 107 Å². The van der Waals surface area contributed by atoms with Gasteiger partial charge in [0.25, 0.3) is 0 Å². The molecule has 0 aliphatic rings. The van der Waals surface area contributed by atoms with E-state index in [4.69, 9.17) is 0 Å². The molecule has 0 saturated carbocycles. The lowest BCUT2D eigenvalue weighted by atomic mass is 9.79. The van der Waals surface area contributed by atoms with Crippen LogP contribution in [0.2, 0.25) is 0 Å². The highest BCUT2D eigenvalue weighted by atomic mass is 19.4. The van der Waals surface area contributed by atoms with Crippen LogP contribution >= 0.6 is 0 Å². The van der Waals surface area contributed by atoms with Crippen molar-refractivity contribution >= 4 is 11.9 Å². The summed E-state index contributed by atoms with van der Waals surface area (Å²) in [5.74, 6) is -108. The van der Waals surface area contributed by atoms with Crippen LogP contribution in [0, 0.1) is 0 Å². The van der Waals surface area contributed by atoms with Gasteiger partial charge in [0.05, 0.1) is 0 Å². The Hall–Kier alpha value is -3.82. The fourth-order valence-electron chi connectivity index (χ4n) is 3.70. The molecule has 0 spiro atoms. The van der Waals surface area contributed by atoms with Gasteiger partial charge in [-0.05, 0) is 0 Å². The zero-order valence-electron chi connectivity index (χ0n) is 25.3. The van der Waals surface area contributed by atoms with Gasteiger partial charge in [0, 0.05) is 12.2 Å². The van der Waals surface area contributed by atoms with E-state index in [9.17, 15) is 150 Å². The van der Waals surface area contributed by atoms with Crippen LogP contribution in [0.4, 0.5) is 140 Å². The third-order valence-corrected chi connectivity index (χ3v) is 6.83. The van der Waals surface area contributed by atoms with Crippen molar-refractivity contribution in [2.45, 2.75) is 95.1 Å². The van der Waals surface area contributed by atoms with Crippen molar-refractivity contribution in [1.29, 1.82) is 0 Å². The molecule has 58 heavy (non-hydrogen) atoms. The molecule has 36 heteroatoms. The number of halogens is 32. The maximum absolute atomic E-state index is 14.9. The molecule has 0 aromatic carbocycles. The fraction of sp³-hybridized carbons (Fsp3) is 0.727. The third kappa shape index (κ3) is 6.48. The molecule has 0 heterocycles. The Labute approximate surface area is 293 Å². The van der Waals surface area contributed by atoms with Crippen LogP contribution in [0.5, 0.6) is 0 Å². The maximum atomic E-state index is 14.9. The Morgan fingerprint density at radius 2 is 0.431 bits per heavy atom. The molecule has 0 aromatic rings. The normalized spacial score (nSPS) is 17.9. The van der Waals surface area contributed by atoms with Crippen molar-refractivity contribution in [2.24, 2.45) is 0 Å². The molecule has 0 aliphatic heterocycles. The highest BCUT2D eigenvalue weighted by Gasteiger charge is 3.03. The summed E-state index contributed by atoms with van der Waals surface area (Å²) >= 11 is 0. The molecule has 4 nitrogen and oxygen atoms in total. The second-order valence-corrected chi connectivity index (χ2v) is 10.3. The topological polar surface area (TPSA) is 52.6 Å². The zero-order valence-corrected chi connectivity index (χ0v) is 25.3. The molecular formula is C22H6F32O4. The third-order valence-electron chi connectivity index (χ3n) is 6.83. The SMILES string of the molecule is C=CC(=O)OC(F)(C(F)(F)C(F)(F)C(F)(F)C(F)(F)C(F)(F)C(F)(F)C(F)(F)C(F)(F)C(F)(OC(=O)C=C)C(F)(C(F)(F)F)C(F)(F)F)C(F)(C(F)(F)F)C(F)(F)F. The summed E-state index contributed by atoms with van der Waals surface area (Å²) in [5, 5.41) is 0. The van der Waals surface area contributed by atoms with E-state index in [0.717, 1.165) is 0 Å². The van der Waals surface area contributed by atoms with Crippen LogP contribution in [-0.2, 0) is 19.1 Å². The Morgan fingerprint density at radius 3 is 0.552 bits per heavy atom. The molecule has 0 radical (unpaired) electrons. The second kappa shape index (κ2) is 13.9. The van der Waals surface area contributed by atoms with Gasteiger partial charge in [-0.25, -0.2) is 18.4 Å². The lowest BCUT2D eigenvalue weighted by Crippen LogP contribution is -2.82. The summed E-state index contributed by atoms with van der Waals surface area (Å²) in [7, 11) is 0. The molecule has 2 unspecified atom stereocenters. The van der Waals surface area contributed by atoms with E-state index >= 15 is 0 Å². The molecule has 342 valence electrons. The minimum absolute atomic E-state index is 1.31. The van der Waals surface area contributed by atoms with Gasteiger partial charge in [-0.1, -0.05) is 13.2 Å². The highest BCUT2D eigenvalue weighted by molar-refractivity contribution is 5.82. The molecule has 0 N–H and O–H groups in total. The fourth-order valence-corrected chi connectivity index (χ4v) is 3.70. The molecule has 0 aromatic heterocycles. The molecule has 0 rings (SSSR count). The van der Waals surface area contributed by atoms with E-state index in [0.29, 0.717) is 0 Å². The van der Waals surface area contributed by atoms with Crippen LogP contribution < -0.4 is 0 Å². The first-order valence-electron chi connectivity index (χ1n) is 12.4. The summed E-state index contributed by atoms with van der Waals surface area (Å²) in [6.45, 7) is 3.63. The monoisotopic (exact) mass is 942 g/mol. The average Bonchev–Trinajstić information content (AvgIpc) is 3.00. The van der Waals surface area contributed by atoms with Gasteiger partial charge in [-0.3, -0.25) is 0 Å². The quantitative estimate of drug-likeness (QED) is 0.0933. The van der Waals surface area contributed by atoms with Crippen LogP contribution in [0.25, 0.3) is 0 Å². The molecular weight excluding hydrogens is 936 g/mol. The molecule has 0 amide bonds. The predicted octanol–water partition coefficient (Wildman–Crippen LogP) is 10.5. The number of rotatable bonds is 15. The number of carbonyl (C=O) groups excluding carboxylic acids is 2. The minimum atomic E-state index is -10.3. The van der Waals surface area contributed by atoms with E-state index < -0.39 is 119 Å². The zero-order chi connectivity index (χ0) is 48.0. The van der Waals surface area contributed by atoms with Crippen molar-refractivity contribution < 1.29 is 160 Å². The van der Waals surface area contributed by atoms with Crippen molar-refractivity contribution in [1.82, 2.24) is 0 Å². The Bertz CT molecular complexity index is 1430. The lowest BCUT2D eigenvalue weighted by Gasteiger charge is -2.49. The Kier molecular flexibility index (Phi) is 13.0. The van der Waals surface area contributed by atoms with Crippen molar-refractivity contribution in [3.63, 3.8) is 0 Å². The highest BCUT2D eigenvalue weighted by Crippen LogP contribution is 2.70. The smallest absolute Gasteiger partial charge is 0.415 e. The van der Waals surface area contributed by atoms with Crippen LogP contribution in [0.1, 0.15) is 0 Å². The Morgan fingerprint density at radius 1 is 0.293 bits per heavy atom. The number of hydrogen-bond donors (Lipinski definition) is 0. The van der Waals surface area contributed by atoms with E-state index in [2.05, 4.69) is 0 Å². The van der Waals surface area contributed by atoms with E-state index in [-0.39, 0.29) is 0 Å². The molecule has 0 fully saturated rings. The summed E-state index contributed by atoms with van der Waals surface area (Å²) in [5.41, 5.74) is -18.6. The van der Waals surface area contributed by atoms with Crippen LogP contribution in [0.3, 0.4) is 0 Å². The van der Waals surface area contributed by atoms with E-state index in [1.807, 2.05) is 13.2 Å². The van der Waals surface area contributed by atoms with Gasteiger partial charge < -0.3 is 9.47 Å². The molecule has 0 bridgehead atoms. The van der Waals surface area contributed by atoms with Crippen LogP contribution in [0.15, 0.2) is 25.3 Å². The lowest BCUT2D eigenvalue weighted by molar-refractivity contribution is -0.503. The minimum Gasteiger partial charge on any atom is -0.415 e. The standard InChI is InChI=1S/C22H6F32O4/c1-3-5(55)57-17(41,7(23,19(43,44)45)20(46,47)48)15(37,38)13(33,34)11(29,30)9(25,26)10(27,28)12(31,32)14(35,36)16(39,40)18(42,58-6(56)4-2)8(24,21(49,50)51)22(52,53)54/h3-4H,1-2H2. The van der Waals surface area contributed by atoms with Crippen molar-refractivity contribution in [3.8, 4) is 0 Å². The van der Waals surface area contributed by atoms with Gasteiger partial charge in [-0.15, -0.1) is 0 Å². The largest absolute Gasteiger partial charge is 0.438 e. The summed E-state index contributed by atoms with van der Waals surface area (Å²) in [6.07, 6.45) is -38.0. The summed E-state index contributed by atoms with van der Waals surface area (Å²) in [6, 6.07) is 0. The summed E-state index contributed by atoms with van der Waals surface area (Å²) in [4.78, 5) is 22.0. The van der Waals surface area contributed by atoms with Gasteiger partial charge >= 0.3 is 107 Å². The number of ether oxygens (including phenoxy) is 2. The predicted molar refractivity (Wildman–Crippen MR) is 112 cm³/mol. The number of alkyl halides is 32. The van der Waals surface area contributed by atoms with Gasteiger partial charge in [0.15, 0.2) is 0 Å². The first-order valence-corrected chi connectivity index (χ1v) is 12.4. The first-order chi connectivity index (χ1) is 24.7. The summed E-state index contributed by atoms with van der Waals surface area (Å²) < 4.78 is 449. The van der Waals surface area contributed by atoms with Crippen molar-refractivity contribution in [2.75, 3.05) is 0 Å². The number of hydrogen-bond acceptors (Lipinski definition) is 4. The maximum Gasteiger partial charge on any atom is 0.438 e. The van der Waals surface area contributed by atoms with Gasteiger partial charge in [0.2, 0.25) is 0 Å². The number of esters is 2. The van der Waals surface area contributed by atoms with Crippen molar-refractivity contribution in [3.05, 3.63) is 25.3 Å². The van der Waals surface area contributed by atoms with Gasteiger partial charge in [0.1, 0.15) is 0 Å². The molecule has 2 atom stereocenters.